The maximum Gasteiger partial charge on any atom is 0.338 e. The monoisotopic (exact) mass is 340 g/mol. The Morgan fingerprint density at radius 1 is 1.12 bits per heavy atom. The van der Waals surface area contributed by atoms with Crippen molar-refractivity contribution in [3.05, 3.63) is 17.7 Å². The number of hydrogen-bond donors (Lipinski definition) is 1. The van der Waals surface area contributed by atoms with Crippen LogP contribution in [0, 0.1) is 0 Å². The van der Waals surface area contributed by atoms with Gasteiger partial charge in [-0.05, 0) is 19.1 Å². The first-order valence-corrected chi connectivity index (χ1v) is 8.01. The van der Waals surface area contributed by atoms with Crippen molar-refractivity contribution in [2.75, 3.05) is 54.2 Å². The molecule has 0 aliphatic carbocycles. The molecule has 0 radical (unpaired) electrons. The van der Waals surface area contributed by atoms with Crippen LogP contribution in [0.3, 0.4) is 0 Å². The second-order valence-electron chi connectivity index (χ2n) is 5.70. The van der Waals surface area contributed by atoms with Crippen molar-refractivity contribution in [3.63, 3.8) is 0 Å². The number of morpholine rings is 1. The van der Waals surface area contributed by atoms with Crippen molar-refractivity contribution in [2.24, 2.45) is 0 Å². The fourth-order valence-corrected chi connectivity index (χ4v) is 2.76. The normalized spacial score (nSPS) is 16.3. The van der Waals surface area contributed by atoms with Gasteiger partial charge in [0.05, 0.1) is 40.1 Å². The molecule has 1 aromatic rings. The SMILES string of the molecule is COc1cc(C(=O)O[C@H](C)C[NH+]2CCOCC2)cc(OC)c1OC. The van der Waals surface area contributed by atoms with Crippen LogP contribution in [0.4, 0.5) is 0 Å². The number of hydrogen-bond acceptors (Lipinski definition) is 6. The van der Waals surface area contributed by atoms with Gasteiger partial charge < -0.3 is 28.6 Å². The lowest BCUT2D eigenvalue weighted by molar-refractivity contribution is -0.910. The minimum Gasteiger partial charge on any atom is -0.493 e. The predicted molar refractivity (Wildman–Crippen MR) is 87.4 cm³/mol. The third kappa shape index (κ3) is 4.52. The quantitative estimate of drug-likeness (QED) is 0.714. The van der Waals surface area contributed by atoms with Crippen LogP contribution in [0.1, 0.15) is 17.3 Å². The molecule has 0 saturated carbocycles. The van der Waals surface area contributed by atoms with Crippen molar-refractivity contribution in [2.45, 2.75) is 13.0 Å². The maximum atomic E-state index is 12.4. The molecule has 7 heteroatoms. The summed E-state index contributed by atoms with van der Waals surface area (Å²) < 4.78 is 26.7. The van der Waals surface area contributed by atoms with Gasteiger partial charge in [-0.15, -0.1) is 0 Å². The molecule has 1 atom stereocenters. The number of carbonyl (C=O) groups is 1. The Hall–Kier alpha value is -1.99. The van der Waals surface area contributed by atoms with Gasteiger partial charge in [0, 0.05) is 0 Å². The van der Waals surface area contributed by atoms with Crippen LogP contribution < -0.4 is 19.1 Å². The van der Waals surface area contributed by atoms with Crippen molar-refractivity contribution in [3.8, 4) is 17.2 Å². The molecule has 7 nitrogen and oxygen atoms in total. The third-order valence-corrected chi connectivity index (χ3v) is 3.98. The van der Waals surface area contributed by atoms with Crippen molar-refractivity contribution in [1.29, 1.82) is 0 Å². The van der Waals surface area contributed by atoms with E-state index in [1.54, 1.807) is 12.1 Å². The van der Waals surface area contributed by atoms with E-state index >= 15 is 0 Å². The third-order valence-electron chi connectivity index (χ3n) is 3.98. The zero-order chi connectivity index (χ0) is 17.5. The number of carbonyl (C=O) groups excluding carboxylic acids is 1. The van der Waals surface area contributed by atoms with Gasteiger partial charge in [-0.25, -0.2) is 4.79 Å². The van der Waals surface area contributed by atoms with Crippen LogP contribution in [0.2, 0.25) is 0 Å². The first kappa shape index (κ1) is 18.4. The second kappa shape index (κ2) is 8.75. The van der Waals surface area contributed by atoms with E-state index < -0.39 is 5.97 Å². The molecule has 0 bridgehead atoms. The zero-order valence-electron chi connectivity index (χ0n) is 14.7. The summed E-state index contributed by atoms with van der Waals surface area (Å²) in [6, 6.07) is 3.19. The standard InChI is InChI=1S/C17H25NO6/c1-12(11-18-5-7-23-8-6-18)24-17(19)13-9-14(20-2)16(22-4)15(10-13)21-3/h9-10,12H,5-8,11H2,1-4H3/p+1/t12-/m1/s1. The van der Waals surface area contributed by atoms with Gasteiger partial charge in [-0.1, -0.05) is 0 Å². The van der Waals surface area contributed by atoms with Gasteiger partial charge in [0.1, 0.15) is 25.7 Å². The molecular weight excluding hydrogens is 314 g/mol. The number of benzene rings is 1. The minimum absolute atomic E-state index is 0.190. The van der Waals surface area contributed by atoms with E-state index in [0.717, 1.165) is 32.8 Å². The molecule has 1 heterocycles. The molecule has 1 fully saturated rings. The molecule has 0 aromatic heterocycles. The van der Waals surface area contributed by atoms with Gasteiger partial charge in [-0.3, -0.25) is 0 Å². The molecule has 0 spiro atoms. The summed E-state index contributed by atoms with van der Waals surface area (Å²) in [7, 11) is 4.54. The van der Waals surface area contributed by atoms with Gasteiger partial charge in [0.2, 0.25) is 5.75 Å². The molecule has 0 unspecified atom stereocenters. The van der Waals surface area contributed by atoms with Gasteiger partial charge >= 0.3 is 5.97 Å². The van der Waals surface area contributed by atoms with Crippen molar-refractivity contribution >= 4 is 5.97 Å². The van der Waals surface area contributed by atoms with Gasteiger partial charge in [0.25, 0.3) is 0 Å². The Morgan fingerprint density at radius 2 is 1.71 bits per heavy atom. The number of esters is 1. The Kier molecular flexibility index (Phi) is 6.69. The molecule has 1 aliphatic heterocycles. The van der Waals surface area contributed by atoms with E-state index in [0.29, 0.717) is 22.8 Å². The lowest BCUT2D eigenvalue weighted by Crippen LogP contribution is -3.15. The van der Waals surface area contributed by atoms with E-state index in [1.165, 1.54) is 26.2 Å². The van der Waals surface area contributed by atoms with Crippen LogP contribution in [-0.2, 0) is 9.47 Å². The van der Waals surface area contributed by atoms with E-state index in [9.17, 15) is 4.79 Å². The summed E-state index contributed by atoms with van der Waals surface area (Å²) in [5.41, 5.74) is 0.369. The van der Waals surface area contributed by atoms with Crippen molar-refractivity contribution < 1.29 is 33.4 Å². The highest BCUT2D eigenvalue weighted by atomic mass is 16.5. The first-order chi connectivity index (χ1) is 11.6. The van der Waals surface area contributed by atoms with E-state index in [4.69, 9.17) is 23.7 Å². The van der Waals surface area contributed by atoms with Gasteiger partial charge in [-0.2, -0.15) is 0 Å². The smallest absolute Gasteiger partial charge is 0.338 e. The maximum absolute atomic E-state index is 12.4. The molecule has 2 rings (SSSR count). The molecular formula is C17H26NO6+. The molecule has 1 N–H and O–H groups in total. The first-order valence-electron chi connectivity index (χ1n) is 8.01. The summed E-state index contributed by atoms with van der Waals surface area (Å²) >= 11 is 0. The molecule has 1 aromatic carbocycles. The van der Waals surface area contributed by atoms with Crippen molar-refractivity contribution in [1.82, 2.24) is 0 Å². The Labute approximate surface area is 142 Å². The minimum atomic E-state index is -0.408. The lowest BCUT2D eigenvalue weighted by Gasteiger charge is -2.26. The number of nitrogens with one attached hydrogen (secondary N) is 1. The Bertz CT molecular complexity index is 531. The second-order valence-corrected chi connectivity index (χ2v) is 5.70. The fourth-order valence-electron chi connectivity index (χ4n) is 2.76. The zero-order valence-corrected chi connectivity index (χ0v) is 14.7. The largest absolute Gasteiger partial charge is 0.493 e. The van der Waals surface area contributed by atoms with Crippen LogP contribution in [0.5, 0.6) is 17.2 Å². The average molecular weight is 340 g/mol. The molecule has 0 amide bonds. The van der Waals surface area contributed by atoms with Crippen LogP contribution >= 0.6 is 0 Å². The lowest BCUT2D eigenvalue weighted by atomic mass is 10.2. The molecule has 1 saturated heterocycles. The van der Waals surface area contributed by atoms with Crippen LogP contribution in [-0.4, -0.2) is 66.3 Å². The summed E-state index contributed by atoms with van der Waals surface area (Å²) in [4.78, 5) is 13.8. The summed E-state index contributed by atoms with van der Waals surface area (Å²) in [6.07, 6.45) is -0.190. The average Bonchev–Trinajstić information content (AvgIpc) is 2.60. The number of ether oxygens (including phenoxy) is 5. The predicted octanol–water partition coefficient (Wildman–Crippen LogP) is 0.173. The molecule has 134 valence electrons. The number of methoxy groups -OCH3 is 3. The topological polar surface area (TPSA) is 67.7 Å². The highest BCUT2D eigenvalue weighted by Crippen LogP contribution is 2.38. The van der Waals surface area contributed by atoms with Gasteiger partial charge in [0.15, 0.2) is 11.5 Å². The van der Waals surface area contributed by atoms with E-state index in [2.05, 4.69) is 0 Å². The Balaban J connectivity index is 2.05. The van der Waals surface area contributed by atoms with E-state index in [-0.39, 0.29) is 6.10 Å². The summed E-state index contributed by atoms with van der Waals surface area (Å²) in [6.45, 7) is 6.04. The summed E-state index contributed by atoms with van der Waals surface area (Å²) in [5.74, 6) is 0.891. The van der Waals surface area contributed by atoms with Crippen LogP contribution in [0.25, 0.3) is 0 Å². The fraction of sp³-hybridized carbons (Fsp3) is 0.588. The highest BCUT2D eigenvalue weighted by Gasteiger charge is 2.22. The summed E-state index contributed by atoms with van der Waals surface area (Å²) in [5, 5.41) is 0. The van der Waals surface area contributed by atoms with Crippen LogP contribution in [0.15, 0.2) is 12.1 Å². The Morgan fingerprint density at radius 3 is 2.21 bits per heavy atom. The number of rotatable bonds is 7. The molecule has 1 aliphatic rings. The number of quaternary nitrogens is 1. The molecule has 24 heavy (non-hydrogen) atoms. The highest BCUT2D eigenvalue weighted by molar-refractivity contribution is 5.91. The van der Waals surface area contributed by atoms with E-state index in [1.807, 2.05) is 6.92 Å².